The Labute approximate surface area is 141 Å². The molecule has 0 bridgehead atoms. The Bertz CT molecular complexity index is 577. The number of halogens is 1. The van der Waals surface area contributed by atoms with E-state index in [-0.39, 0.29) is 0 Å². The van der Waals surface area contributed by atoms with Gasteiger partial charge in [0.05, 0.1) is 0 Å². The van der Waals surface area contributed by atoms with Gasteiger partial charge in [0.15, 0.2) is 0 Å². The van der Waals surface area contributed by atoms with Gasteiger partial charge in [-0.15, -0.1) is 0 Å². The number of aromatic nitrogens is 2. The molecule has 0 saturated heterocycles. The first-order valence-electron chi connectivity index (χ1n) is 7.65. The van der Waals surface area contributed by atoms with Crippen LogP contribution in [0.4, 0.5) is 0 Å². The fraction of sp³-hybridized carbons (Fsp3) is 0.471. The summed E-state index contributed by atoms with van der Waals surface area (Å²) in [5, 5.41) is 3.62. The van der Waals surface area contributed by atoms with Crippen molar-refractivity contribution in [2.75, 3.05) is 6.54 Å². The summed E-state index contributed by atoms with van der Waals surface area (Å²) in [5.74, 6) is 1.17. The largest absolute Gasteiger partial charge is 0.335 e. The average molecular weight is 397 g/mol. The minimum atomic E-state index is 0.319. The van der Waals surface area contributed by atoms with Gasteiger partial charge in [0.25, 0.3) is 0 Å². The quantitative estimate of drug-likeness (QED) is 0.713. The highest BCUT2D eigenvalue weighted by molar-refractivity contribution is 14.1. The molecule has 2 rings (SSSR count). The molecule has 0 amide bonds. The van der Waals surface area contributed by atoms with Gasteiger partial charge in [0.2, 0.25) is 0 Å². The molecule has 3 nitrogen and oxygen atoms in total. The second-order valence-electron chi connectivity index (χ2n) is 5.33. The number of imidazole rings is 1. The number of likely N-dealkylation sites (N-methyl/N-ethyl adjacent to an activating group) is 1. The Morgan fingerprint density at radius 1 is 1.33 bits per heavy atom. The monoisotopic (exact) mass is 397 g/mol. The highest BCUT2D eigenvalue weighted by Gasteiger charge is 2.17. The van der Waals surface area contributed by atoms with Gasteiger partial charge in [-0.25, -0.2) is 4.98 Å². The number of aryl methyl sites for hydroxylation is 2. The first-order chi connectivity index (χ1) is 10.2. The van der Waals surface area contributed by atoms with Crippen LogP contribution in [0.5, 0.6) is 0 Å². The lowest BCUT2D eigenvalue weighted by atomic mass is 10.0. The van der Waals surface area contributed by atoms with Crippen molar-refractivity contribution >= 4 is 22.6 Å². The lowest BCUT2D eigenvalue weighted by molar-refractivity contribution is 0.514. The number of rotatable bonds is 7. The fourth-order valence-corrected chi connectivity index (χ4v) is 3.37. The molecule has 1 unspecified atom stereocenters. The predicted molar refractivity (Wildman–Crippen MR) is 96.5 cm³/mol. The molecule has 1 aromatic heterocycles. The van der Waals surface area contributed by atoms with Gasteiger partial charge in [-0.1, -0.05) is 32.0 Å². The van der Waals surface area contributed by atoms with Gasteiger partial charge in [0, 0.05) is 35.0 Å². The summed E-state index contributed by atoms with van der Waals surface area (Å²) >= 11 is 2.46. The molecule has 0 saturated carbocycles. The summed E-state index contributed by atoms with van der Waals surface area (Å²) in [7, 11) is 0. The number of hydrogen-bond donors (Lipinski definition) is 1. The number of hydrogen-bond acceptors (Lipinski definition) is 2. The highest BCUT2D eigenvalue weighted by atomic mass is 127. The van der Waals surface area contributed by atoms with Gasteiger partial charge >= 0.3 is 0 Å². The summed E-state index contributed by atoms with van der Waals surface area (Å²) in [4.78, 5) is 4.55. The first kappa shape index (κ1) is 16.5. The standard InChI is InChI=1S/C17H24IN3/c1-4-10-21-11-9-20-16(21)12-15(19-5-2)14-8-6-7-13(3)17(14)18/h6-9,11,15,19H,4-5,10,12H2,1-3H3. The molecule has 2 aromatic rings. The van der Waals surface area contributed by atoms with E-state index >= 15 is 0 Å². The average Bonchev–Trinajstić information content (AvgIpc) is 2.89. The van der Waals surface area contributed by atoms with Gasteiger partial charge in [-0.2, -0.15) is 0 Å². The van der Waals surface area contributed by atoms with Crippen molar-refractivity contribution in [3.8, 4) is 0 Å². The molecule has 21 heavy (non-hydrogen) atoms. The third-order valence-corrected chi connectivity index (χ3v) is 5.17. The smallest absolute Gasteiger partial charge is 0.110 e. The van der Waals surface area contributed by atoms with Crippen LogP contribution in [0.2, 0.25) is 0 Å². The van der Waals surface area contributed by atoms with Gasteiger partial charge in [0.1, 0.15) is 5.82 Å². The predicted octanol–water partition coefficient (Wildman–Crippen LogP) is 4.10. The molecule has 114 valence electrons. The van der Waals surface area contributed by atoms with E-state index in [1.807, 2.05) is 6.20 Å². The topological polar surface area (TPSA) is 29.9 Å². The normalized spacial score (nSPS) is 12.6. The third-order valence-electron chi connectivity index (χ3n) is 3.70. The minimum absolute atomic E-state index is 0.319. The van der Waals surface area contributed by atoms with Crippen molar-refractivity contribution in [1.82, 2.24) is 14.9 Å². The minimum Gasteiger partial charge on any atom is -0.335 e. The van der Waals surface area contributed by atoms with Crippen molar-refractivity contribution < 1.29 is 0 Å². The van der Waals surface area contributed by atoms with E-state index in [0.717, 1.165) is 25.9 Å². The molecule has 1 N–H and O–H groups in total. The van der Waals surface area contributed by atoms with Gasteiger partial charge in [-0.3, -0.25) is 0 Å². The Hall–Kier alpha value is -0.880. The molecule has 0 fully saturated rings. The first-order valence-corrected chi connectivity index (χ1v) is 8.73. The maximum atomic E-state index is 4.55. The molecule has 1 heterocycles. The second kappa shape index (κ2) is 7.94. The zero-order valence-electron chi connectivity index (χ0n) is 13.1. The summed E-state index contributed by atoms with van der Waals surface area (Å²) < 4.78 is 3.63. The second-order valence-corrected chi connectivity index (χ2v) is 6.41. The molecule has 4 heteroatoms. The van der Waals surface area contributed by atoms with Crippen LogP contribution < -0.4 is 5.32 Å². The van der Waals surface area contributed by atoms with Crippen molar-refractivity contribution in [1.29, 1.82) is 0 Å². The van der Waals surface area contributed by atoms with Crippen LogP contribution in [0.3, 0.4) is 0 Å². The van der Waals surface area contributed by atoms with E-state index in [4.69, 9.17) is 0 Å². The summed E-state index contributed by atoms with van der Waals surface area (Å²) in [6, 6.07) is 6.87. The van der Waals surface area contributed by atoms with Crippen molar-refractivity contribution in [3.05, 3.63) is 51.1 Å². The Balaban J connectivity index is 2.26. The van der Waals surface area contributed by atoms with E-state index in [9.17, 15) is 0 Å². The Kier molecular flexibility index (Phi) is 6.23. The van der Waals surface area contributed by atoms with Gasteiger partial charge < -0.3 is 9.88 Å². The zero-order valence-corrected chi connectivity index (χ0v) is 15.2. The SMILES string of the molecule is CCCn1ccnc1CC(NCC)c1cccc(C)c1I. The van der Waals surface area contributed by atoms with Crippen molar-refractivity contribution in [3.63, 3.8) is 0 Å². The number of benzene rings is 1. The molecule has 0 radical (unpaired) electrons. The maximum absolute atomic E-state index is 4.55. The van der Waals surface area contributed by atoms with Crippen LogP contribution in [0.1, 0.15) is 43.3 Å². The van der Waals surface area contributed by atoms with Crippen LogP contribution in [-0.4, -0.2) is 16.1 Å². The molecule has 0 aliphatic heterocycles. The van der Waals surface area contributed by atoms with E-state index in [1.165, 1.54) is 20.5 Å². The Morgan fingerprint density at radius 2 is 2.14 bits per heavy atom. The van der Waals surface area contributed by atoms with Crippen LogP contribution in [0.25, 0.3) is 0 Å². The summed E-state index contributed by atoms with van der Waals surface area (Å²) in [5.41, 5.74) is 2.72. The van der Waals surface area contributed by atoms with Crippen LogP contribution in [-0.2, 0) is 13.0 Å². The van der Waals surface area contributed by atoms with Crippen LogP contribution >= 0.6 is 22.6 Å². The molecule has 0 aliphatic rings. The summed E-state index contributed by atoms with van der Waals surface area (Å²) in [6.07, 6.45) is 6.07. The molecule has 1 aromatic carbocycles. The van der Waals surface area contributed by atoms with Crippen LogP contribution in [0.15, 0.2) is 30.6 Å². The van der Waals surface area contributed by atoms with Crippen molar-refractivity contribution in [2.45, 2.75) is 46.2 Å². The maximum Gasteiger partial charge on any atom is 0.110 e. The van der Waals surface area contributed by atoms with E-state index in [2.05, 4.69) is 82.6 Å². The van der Waals surface area contributed by atoms with E-state index in [1.54, 1.807) is 0 Å². The van der Waals surface area contributed by atoms with E-state index < -0.39 is 0 Å². The Morgan fingerprint density at radius 3 is 2.86 bits per heavy atom. The zero-order chi connectivity index (χ0) is 15.2. The highest BCUT2D eigenvalue weighted by Crippen LogP contribution is 2.25. The van der Waals surface area contributed by atoms with Crippen LogP contribution in [0, 0.1) is 10.5 Å². The van der Waals surface area contributed by atoms with Gasteiger partial charge in [-0.05, 0) is 53.6 Å². The molecule has 0 aliphatic carbocycles. The molecule has 0 spiro atoms. The molecular formula is C17H24IN3. The summed E-state index contributed by atoms with van der Waals surface area (Å²) in [6.45, 7) is 8.54. The lowest BCUT2D eigenvalue weighted by Gasteiger charge is -2.21. The molecule has 1 atom stereocenters. The lowest BCUT2D eigenvalue weighted by Crippen LogP contribution is -2.25. The van der Waals surface area contributed by atoms with Crippen molar-refractivity contribution in [2.24, 2.45) is 0 Å². The third kappa shape index (κ3) is 4.07. The van der Waals surface area contributed by atoms with E-state index in [0.29, 0.717) is 6.04 Å². The molecular weight excluding hydrogens is 373 g/mol. The number of nitrogens with zero attached hydrogens (tertiary/aromatic N) is 2. The fourth-order valence-electron chi connectivity index (χ4n) is 2.63. The number of nitrogens with one attached hydrogen (secondary N) is 1.